The Balaban J connectivity index is 2.63. The van der Waals surface area contributed by atoms with Gasteiger partial charge in [0, 0.05) is 19.1 Å². The summed E-state index contributed by atoms with van der Waals surface area (Å²) in [4.78, 5) is 2.66. The van der Waals surface area contributed by atoms with Crippen LogP contribution in [0.2, 0.25) is 0 Å². The lowest BCUT2D eigenvalue weighted by molar-refractivity contribution is 0.0731. The number of nitrogens with zero attached hydrogens (tertiary/aromatic N) is 1. The summed E-state index contributed by atoms with van der Waals surface area (Å²) in [7, 11) is 0. The Bertz CT molecular complexity index is 252. The van der Waals surface area contributed by atoms with Crippen molar-refractivity contribution >= 4 is 0 Å². The maximum Gasteiger partial charge on any atom is 0.00527 e. The summed E-state index contributed by atoms with van der Waals surface area (Å²) in [5, 5.41) is 3.75. The van der Waals surface area contributed by atoms with E-state index in [0.717, 1.165) is 18.4 Å². The van der Waals surface area contributed by atoms with Crippen LogP contribution in [0.15, 0.2) is 0 Å². The zero-order valence-electron chi connectivity index (χ0n) is 14.8. The molecule has 0 bridgehead atoms. The zero-order chi connectivity index (χ0) is 15.2. The summed E-state index contributed by atoms with van der Waals surface area (Å²) in [5.41, 5.74) is 0.516. The first-order chi connectivity index (χ1) is 9.38. The molecule has 0 spiro atoms. The van der Waals surface area contributed by atoms with Gasteiger partial charge in [0.15, 0.2) is 0 Å². The van der Waals surface area contributed by atoms with Crippen LogP contribution in [0, 0.1) is 17.3 Å². The van der Waals surface area contributed by atoms with E-state index in [1.165, 1.54) is 45.3 Å². The highest BCUT2D eigenvalue weighted by Crippen LogP contribution is 2.39. The van der Waals surface area contributed by atoms with Gasteiger partial charge in [-0.3, -0.25) is 0 Å². The van der Waals surface area contributed by atoms with Crippen LogP contribution in [0.3, 0.4) is 0 Å². The van der Waals surface area contributed by atoms with E-state index < -0.39 is 0 Å². The molecule has 0 aromatic rings. The van der Waals surface area contributed by atoms with E-state index in [4.69, 9.17) is 0 Å². The maximum absolute atomic E-state index is 3.75. The first-order valence-corrected chi connectivity index (χ1v) is 8.83. The lowest BCUT2D eigenvalue weighted by Gasteiger charge is -2.44. The van der Waals surface area contributed by atoms with Crippen LogP contribution < -0.4 is 5.32 Å². The van der Waals surface area contributed by atoms with Crippen LogP contribution in [0.25, 0.3) is 0 Å². The van der Waals surface area contributed by atoms with E-state index in [-0.39, 0.29) is 0 Å². The molecule has 1 rings (SSSR count). The average Bonchev–Trinajstić information content (AvgIpc) is 2.38. The van der Waals surface area contributed by atoms with Gasteiger partial charge in [-0.2, -0.15) is 0 Å². The smallest absolute Gasteiger partial charge is 0.00527 e. The first kappa shape index (κ1) is 18.0. The first-order valence-electron chi connectivity index (χ1n) is 8.83. The normalized spacial score (nSPS) is 27.8. The van der Waals surface area contributed by atoms with Crippen molar-refractivity contribution in [3.63, 3.8) is 0 Å². The molecule has 1 aliphatic rings. The summed E-state index contributed by atoms with van der Waals surface area (Å²) < 4.78 is 0. The second-order valence-corrected chi connectivity index (χ2v) is 7.86. The lowest BCUT2D eigenvalue weighted by atomic mass is 9.70. The molecule has 1 N–H and O–H groups in total. The predicted molar refractivity (Wildman–Crippen MR) is 90.2 cm³/mol. The Hall–Kier alpha value is -0.0800. The molecule has 2 nitrogen and oxygen atoms in total. The Morgan fingerprint density at radius 3 is 2.20 bits per heavy atom. The molecule has 120 valence electrons. The van der Waals surface area contributed by atoms with Crippen LogP contribution in [0.1, 0.15) is 67.2 Å². The van der Waals surface area contributed by atoms with Crippen molar-refractivity contribution in [3.05, 3.63) is 0 Å². The molecule has 0 amide bonds. The molecule has 0 saturated heterocycles. The fraction of sp³-hybridized carbons (Fsp3) is 1.00. The third-order valence-corrected chi connectivity index (χ3v) is 5.06. The molecule has 0 heterocycles. The third kappa shape index (κ3) is 5.73. The van der Waals surface area contributed by atoms with Gasteiger partial charge in [0.2, 0.25) is 0 Å². The Morgan fingerprint density at radius 2 is 1.75 bits per heavy atom. The van der Waals surface area contributed by atoms with E-state index in [9.17, 15) is 0 Å². The topological polar surface area (TPSA) is 15.3 Å². The number of nitrogens with one attached hydrogen (secondary N) is 1. The quantitative estimate of drug-likeness (QED) is 0.719. The van der Waals surface area contributed by atoms with Gasteiger partial charge in [0.05, 0.1) is 0 Å². The third-order valence-electron chi connectivity index (χ3n) is 5.06. The number of hydrogen-bond acceptors (Lipinski definition) is 2. The van der Waals surface area contributed by atoms with Crippen molar-refractivity contribution in [3.8, 4) is 0 Å². The Kier molecular flexibility index (Phi) is 7.53. The van der Waals surface area contributed by atoms with E-state index in [1.54, 1.807) is 0 Å². The zero-order valence-corrected chi connectivity index (χ0v) is 14.8. The minimum absolute atomic E-state index is 0.516. The lowest BCUT2D eigenvalue weighted by Crippen LogP contribution is -2.48. The van der Waals surface area contributed by atoms with Crippen LogP contribution in [0.5, 0.6) is 0 Å². The van der Waals surface area contributed by atoms with Crippen molar-refractivity contribution in [2.24, 2.45) is 17.3 Å². The predicted octanol–water partition coefficient (Wildman–Crippen LogP) is 4.16. The number of rotatable bonds is 8. The van der Waals surface area contributed by atoms with E-state index in [1.807, 2.05) is 0 Å². The van der Waals surface area contributed by atoms with Gasteiger partial charge in [-0.05, 0) is 57.0 Å². The van der Waals surface area contributed by atoms with Crippen molar-refractivity contribution < 1.29 is 0 Å². The summed E-state index contributed by atoms with van der Waals surface area (Å²) in [6.45, 7) is 18.8. The molecule has 0 unspecified atom stereocenters. The second-order valence-electron chi connectivity index (χ2n) is 7.86. The molecule has 1 saturated carbocycles. The van der Waals surface area contributed by atoms with Crippen molar-refractivity contribution in [1.82, 2.24) is 10.2 Å². The van der Waals surface area contributed by atoms with E-state index in [0.29, 0.717) is 11.5 Å². The van der Waals surface area contributed by atoms with E-state index in [2.05, 4.69) is 51.8 Å². The van der Waals surface area contributed by atoms with Crippen LogP contribution >= 0.6 is 0 Å². The van der Waals surface area contributed by atoms with Gasteiger partial charge in [0.1, 0.15) is 0 Å². The average molecular weight is 283 g/mol. The molecule has 1 aliphatic carbocycles. The Labute approximate surface area is 127 Å². The van der Waals surface area contributed by atoms with Crippen molar-refractivity contribution in [2.45, 2.75) is 73.3 Å². The highest BCUT2D eigenvalue weighted by Gasteiger charge is 2.35. The van der Waals surface area contributed by atoms with Crippen molar-refractivity contribution in [1.29, 1.82) is 0 Å². The van der Waals surface area contributed by atoms with Gasteiger partial charge in [0.25, 0.3) is 0 Å². The van der Waals surface area contributed by atoms with Crippen molar-refractivity contribution in [2.75, 3.05) is 26.2 Å². The molecule has 2 heteroatoms. The van der Waals surface area contributed by atoms with E-state index >= 15 is 0 Å². The highest BCUT2D eigenvalue weighted by atomic mass is 15.2. The van der Waals surface area contributed by atoms with Gasteiger partial charge in [-0.25, -0.2) is 0 Å². The molecule has 0 atom stereocenters. The standard InChI is InChI=1S/C18H38N2/c1-7-20(16(4)5)14-18(13-19-12-15(2)3)10-8-17(6)9-11-18/h15-17,19H,7-14H2,1-6H3. The summed E-state index contributed by atoms with van der Waals surface area (Å²) in [6.07, 6.45) is 5.64. The van der Waals surface area contributed by atoms with Crippen LogP contribution in [0.4, 0.5) is 0 Å². The molecular formula is C18H38N2. The molecule has 0 radical (unpaired) electrons. The molecule has 0 aliphatic heterocycles. The largest absolute Gasteiger partial charge is 0.316 e. The minimum atomic E-state index is 0.516. The molecule has 0 aromatic carbocycles. The minimum Gasteiger partial charge on any atom is -0.316 e. The fourth-order valence-electron chi connectivity index (χ4n) is 3.48. The molecular weight excluding hydrogens is 244 g/mol. The van der Waals surface area contributed by atoms with Crippen LogP contribution in [-0.2, 0) is 0 Å². The van der Waals surface area contributed by atoms with Gasteiger partial charge in [-0.15, -0.1) is 0 Å². The van der Waals surface area contributed by atoms with Gasteiger partial charge < -0.3 is 10.2 Å². The van der Waals surface area contributed by atoms with Gasteiger partial charge >= 0.3 is 0 Å². The number of hydrogen-bond donors (Lipinski definition) is 1. The Morgan fingerprint density at radius 1 is 1.15 bits per heavy atom. The van der Waals surface area contributed by atoms with Gasteiger partial charge in [-0.1, -0.05) is 40.5 Å². The second kappa shape index (κ2) is 8.38. The molecule has 1 fully saturated rings. The monoisotopic (exact) mass is 282 g/mol. The SMILES string of the molecule is CCN(CC1(CNCC(C)C)CCC(C)CC1)C(C)C. The fourth-order valence-corrected chi connectivity index (χ4v) is 3.48. The molecule has 20 heavy (non-hydrogen) atoms. The summed E-state index contributed by atoms with van der Waals surface area (Å²) in [5.74, 6) is 1.68. The highest BCUT2D eigenvalue weighted by molar-refractivity contribution is 4.90. The summed E-state index contributed by atoms with van der Waals surface area (Å²) in [6, 6.07) is 0.668. The molecule has 0 aromatic heterocycles. The summed E-state index contributed by atoms with van der Waals surface area (Å²) >= 11 is 0. The van der Waals surface area contributed by atoms with Crippen LogP contribution in [-0.4, -0.2) is 37.1 Å². The maximum atomic E-state index is 3.75.